The molecule has 0 saturated carbocycles. The molecule has 1 N–H and O–H groups in total. The van der Waals surface area contributed by atoms with Gasteiger partial charge in [-0.25, -0.2) is 4.98 Å². The molecule has 0 spiro atoms. The molecule has 0 fully saturated rings. The zero-order valence-corrected chi connectivity index (χ0v) is 12.6. The quantitative estimate of drug-likeness (QED) is 0.868. The predicted octanol–water partition coefficient (Wildman–Crippen LogP) is 1.76. The number of aryl methyl sites for hydroxylation is 1. The van der Waals surface area contributed by atoms with Crippen LogP contribution in [0.25, 0.3) is 10.6 Å². The minimum Gasteiger partial charge on any atom is -0.342 e. The number of pyridine rings is 1. The second kappa shape index (κ2) is 6.30. The third-order valence-corrected chi connectivity index (χ3v) is 3.89. The van der Waals surface area contributed by atoms with Gasteiger partial charge in [-0.1, -0.05) is 0 Å². The van der Waals surface area contributed by atoms with Crippen LogP contribution in [0, 0.1) is 6.92 Å². The van der Waals surface area contributed by atoms with Crippen molar-refractivity contribution < 1.29 is 27.5 Å². The highest BCUT2D eigenvalue weighted by atomic mass is 32.1. The number of thiazole rings is 1. The van der Waals surface area contributed by atoms with Crippen LogP contribution in [-0.4, -0.2) is 30.7 Å². The van der Waals surface area contributed by atoms with Gasteiger partial charge in [0, 0.05) is 10.8 Å². The van der Waals surface area contributed by atoms with Crippen molar-refractivity contribution in [2.75, 3.05) is 13.7 Å². The van der Waals surface area contributed by atoms with Crippen molar-refractivity contribution in [3.8, 4) is 10.6 Å². The lowest BCUT2D eigenvalue weighted by molar-refractivity contribution is -0.885. The van der Waals surface area contributed by atoms with Gasteiger partial charge in [-0.05, 0) is 13.0 Å². The Kier molecular flexibility index (Phi) is 4.65. The molecule has 2 heterocycles. The average molecular weight is 332 g/mol. The van der Waals surface area contributed by atoms with E-state index in [1.54, 1.807) is 31.5 Å². The Morgan fingerprint density at radius 2 is 2.23 bits per heavy atom. The van der Waals surface area contributed by atoms with Gasteiger partial charge in [-0.3, -0.25) is 9.63 Å². The molecule has 0 aromatic carbocycles. The van der Waals surface area contributed by atoms with Gasteiger partial charge in [0.15, 0.2) is 0 Å². The summed E-state index contributed by atoms with van der Waals surface area (Å²) in [5.41, 5.74) is 1.08. The number of carbonyl (C=O) groups is 1. The molecule has 0 unspecified atom stereocenters. The van der Waals surface area contributed by atoms with Gasteiger partial charge in [0.25, 0.3) is 5.91 Å². The smallest absolute Gasteiger partial charge is 0.342 e. The van der Waals surface area contributed by atoms with Crippen LogP contribution in [0.5, 0.6) is 0 Å². The Hall–Kier alpha value is -2.16. The third kappa shape index (κ3) is 3.94. The first kappa shape index (κ1) is 16.2. The molecule has 0 saturated heterocycles. The molecule has 0 aliphatic rings. The second-order valence-corrected chi connectivity index (χ2v) is 5.37. The van der Waals surface area contributed by atoms with Crippen LogP contribution in [0.3, 0.4) is 0 Å². The molecule has 2 rings (SSSR count). The van der Waals surface area contributed by atoms with Gasteiger partial charge in [0.1, 0.15) is 23.5 Å². The van der Waals surface area contributed by atoms with E-state index in [9.17, 15) is 18.0 Å². The minimum atomic E-state index is -4.44. The predicted molar refractivity (Wildman–Crippen MR) is 73.4 cm³/mol. The van der Waals surface area contributed by atoms with Crippen molar-refractivity contribution in [1.29, 1.82) is 0 Å². The largest absolute Gasteiger partial charge is 0.405 e. The molecule has 0 atom stereocenters. The summed E-state index contributed by atoms with van der Waals surface area (Å²) in [5, 5.41) is 2.37. The first-order chi connectivity index (χ1) is 10.3. The lowest BCUT2D eigenvalue weighted by atomic mass is 10.3. The average Bonchev–Trinajstić information content (AvgIpc) is 2.86. The van der Waals surface area contributed by atoms with E-state index in [0.717, 1.165) is 11.3 Å². The number of alkyl halides is 3. The van der Waals surface area contributed by atoms with Crippen LogP contribution < -0.4 is 14.9 Å². The SMILES string of the molecule is CO[n+]1cccc(-c2nc(C)c(C(=O)NCC(F)(F)F)s2)c1. The zero-order valence-electron chi connectivity index (χ0n) is 11.8. The van der Waals surface area contributed by atoms with E-state index < -0.39 is 18.6 Å². The number of carbonyl (C=O) groups excluding carboxylic acids is 1. The summed E-state index contributed by atoms with van der Waals surface area (Å²) in [7, 11) is 1.49. The second-order valence-electron chi connectivity index (χ2n) is 4.37. The first-order valence-corrected chi connectivity index (χ1v) is 7.00. The Balaban J connectivity index is 2.22. The Labute approximate surface area is 128 Å². The van der Waals surface area contributed by atoms with Crippen LogP contribution in [-0.2, 0) is 0 Å². The van der Waals surface area contributed by atoms with Crippen molar-refractivity contribution in [1.82, 2.24) is 10.3 Å². The van der Waals surface area contributed by atoms with Gasteiger partial charge < -0.3 is 5.32 Å². The van der Waals surface area contributed by atoms with E-state index in [2.05, 4.69) is 4.98 Å². The maximum Gasteiger partial charge on any atom is 0.405 e. The van der Waals surface area contributed by atoms with Crippen molar-refractivity contribution >= 4 is 17.2 Å². The standard InChI is InChI=1S/C13H12F3N3O2S/c1-8-10(11(20)17-7-13(14,15)16)22-12(18-8)9-4-3-5-19(6-9)21-2/h3-6H,7H2,1-2H3/p+1. The van der Waals surface area contributed by atoms with Crippen LogP contribution in [0.2, 0.25) is 0 Å². The highest BCUT2D eigenvalue weighted by Gasteiger charge is 2.29. The van der Waals surface area contributed by atoms with Crippen molar-refractivity contribution in [3.63, 3.8) is 0 Å². The number of aromatic nitrogens is 2. The molecule has 1 amide bonds. The van der Waals surface area contributed by atoms with Gasteiger partial charge >= 0.3 is 6.18 Å². The zero-order chi connectivity index (χ0) is 16.3. The van der Waals surface area contributed by atoms with E-state index >= 15 is 0 Å². The maximum atomic E-state index is 12.1. The molecule has 22 heavy (non-hydrogen) atoms. The maximum absolute atomic E-state index is 12.1. The van der Waals surface area contributed by atoms with E-state index in [1.807, 2.05) is 5.32 Å². The number of hydrogen-bond acceptors (Lipinski definition) is 4. The van der Waals surface area contributed by atoms with Crippen LogP contribution in [0.1, 0.15) is 15.4 Å². The minimum absolute atomic E-state index is 0.159. The summed E-state index contributed by atoms with van der Waals surface area (Å²) in [6.45, 7) is 0.212. The van der Waals surface area contributed by atoms with Gasteiger partial charge in [-0.2, -0.15) is 13.2 Å². The summed E-state index contributed by atoms with van der Waals surface area (Å²) in [6, 6.07) is 3.50. The summed E-state index contributed by atoms with van der Waals surface area (Å²) < 4.78 is 37.9. The lowest BCUT2D eigenvalue weighted by Gasteiger charge is -2.07. The Morgan fingerprint density at radius 3 is 2.86 bits per heavy atom. The Bertz CT molecular complexity index is 685. The molecule has 2 aromatic heterocycles. The number of nitrogens with zero attached hydrogens (tertiary/aromatic N) is 2. The van der Waals surface area contributed by atoms with Crippen LogP contribution >= 0.6 is 11.3 Å². The van der Waals surface area contributed by atoms with Crippen LogP contribution in [0.15, 0.2) is 24.5 Å². The van der Waals surface area contributed by atoms with E-state index in [1.165, 1.54) is 11.8 Å². The molecule has 0 aliphatic carbocycles. The van der Waals surface area contributed by atoms with E-state index in [4.69, 9.17) is 4.84 Å². The summed E-state index contributed by atoms with van der Waals surface area (Å²) >= 11 is 1.03. The van der Waals surface area contributed by atoms with Crippen molar-refractivity contribution in [2.24, 2.45) is 0 Å². The van der Waals surface area contributed by atoms with E-state index in [-0.39, 0.29) is 4.88 Å². The van der Waals surface area contributed by atoms with Crippen molar-refractivity contribution in [2.45, 2.75) is 13.1 Å². The molecule has 0 bridgehead atoms. The fraction of sp³-hybridized carbons (Fsp3) is 0.308. The normalized spacial score (nSPS) is 11.3. The van der Waals surface area contributed by atoms with Gasteiger partial charge in [-0.15, -0.1) is 11.3 Å². The van der Waals surface area contributed by atoms with Gasteiger partial charge in [0.2, 0.25) is 12.4 Å². The summed E-state index contributed by atoms with van der Waals surface area (Å²) in [6.07, 6.45) is -1.10. The molecule has 0 radical (unpaired) electrons. The molecular formula is C13H13F3N3O2S+. The summed E-state index contributed by atoms with van der Waals surface area (Å²) in [4.78, 5) is 21.2. The highest BCUT2D eigenvalue weighted by molar-refractivity contribution is 7.17. The van der Waals surface area contributed by atoms with Crippen molar-refractivity contribution in [3.05, 3.63) is 35.1 Å². The number of amides is 1. The molecular weight excluding hydrogens is 319 g/mol. The topological polar surface area (TPSA) is 55.1 Å². The fourth-order valence-electron chi connectivity index (χ4n) is 1.69. The third-order valence-electron chi connectivity index (χ3n) is 2.69. The monoisotopic (exact) mass is 332 g/mol. The fourth-order valence-corrected chi connectivity index (χ4v) is 2.66. The van der Waals surface area contributed by atoms with Crippen LogP contribution in [0.4, 0.5) is 13.2 Å². The molecule has 9 heteroatoms. The molecule has 5 nitrogen and oxygen atoms in total. The molecule has 2 aromatic rings. The molecule has 118 valence electrons. The molecule has 0 aliphatic heterocycles. The highest BCUT2D eigenvalue weighted by Crippen LogP contribution is 2.27. The van der Waals surface area contributed by atoms with E-state index in [0.29, 0.717) is 16.3 Å². The number of nitrogens with one attached hydrogen (secondary N) is 1. The lowest BCUT2D eigenvalue weighted by Crippen LogP contribution is -2.39. The first-order valence-electron chi connectivity index (χ1n) is 6.18. The number of halogens is 3. The number of hydrogen-bond donors (Lipinski definition) is 1. The number of rotatable bonds is 4. The van der Waals surface area contributed by atoms with Gasteiger partial charge in [0.05, 0.1) is 11.3 Å². The summed E-state index contributed by atoms with van der Waals surface area (Å²) in [5.74, 6) is -0.783. The Morgan fingerprint density at radius 1 is 1.50 bits per heavy atom.